The van der Waals surface area contributed by atoms with Crippen LogP contribution in [0.4, 0.5) is 0 Å². The van der Waals surface area contributed by atoms with Crippen molar-refractivity contribution in [3.05, 3.63) is 140 Å². The van der Waals surface area contributed by atoms with Gasteiger partial charge in [0.1, 0.15) is 0 Å². The molecule has 4 aromatic rings. The Morgan fingerprint density at radius 2 is 1.02 bits per heavy atom. The summed E-state index contributed by atoms with van der Waals surface area (Å²) in [5.74, 6) is -1.25. The van der Waals surface area contributed by atoms with Gasteiger partial charge in [-0.1, -0.05) is 24.3 Å². The van der Waals surface area contributed by atoms with Crippen molar-refractivity contribution in [3.63, 3.8) is 0 Å². The highest BCUT2D eigenvalue weighted by Gasteiger charge is 2.57. The number of nitrogens with zero attached hydrogens (tertiary/aromatic N) is 6. The third kappa shape index (κ3) is 8.10. The topological polar surface area (TPSA) is 175 Å². The van der Waals surface area contributed by atoms with Crippen molar-refractivity contribution in [3.8, 4) is 0 Å². The van der Waals surface area contributed by atoms with Crippen LogP contribution in [0.1, 0.15) is 98.1 Å². The Kier molecular flexibility index (Phi) is 12.9. The SMILES string of the molecule is C/C=C/c1ccc2n(c1=O)C[C@H]1[C@H](CO)[C@@H](C(=O)NC3CCC3)[C@@H]2N1Cc1ccncc1.C/C=C\c1ccc2n(c1=O)C[C@H]1[C@H](CO)[C@@H](C(=O)NC3CCC3)[C@@H]2N1Cc1ccncc1. The summed E-state index contributed by atoms with van der Waals surface area (Å²) in [6.07, 6.45) is 20.8. The molecular weight excluding hydrogens is 809 g/mol. The molecular formula is C50H60N8O6. The highest BCUT2D eigenvalue weighted by Crippen LogP contribution is 2.50. The van der Waals surface area contributed by atoms with Crippen LogP contribution < -0.4 is 21.8 Å². The molecule has 6 aliphatic rings. The van der Waals surface area contributed by atoms with Gasteiger partial charge in [0.05, 0.1) is 23.9 Å². The first-order valence-electron chi connectivity index (χ1n) is 23.1. The average molecular weight is 869 g/mol. The van der Waals surface area contributed by atoms with E-state index in [1.165, 1.54) is 0 Å². The van der Waals surface area contributed by atoms with Crippen LogP contribution in [-0.2, 0) is 35.8 Å². The van der Waals surface area contributed by atoms with Gasteiger partial charge in [-0.2, -0.15) is 0 Å². The maximum Gasteiger partial charge on any atom is 0.258 e. The van der Waals surface area contributed by atoms with Gasteiger partial charge >= 0.3 is 0 Å². The molecule has 0 radical (unpaired) electrons. The number of nitrogens with one attached hydrogen (secondary N) is 2. The van der Waals surface area contributed by atoms with Crippen LogP contribution in [0.3, 0.4) is 0 Å². The minimum absolute atomic E-state index is 0.000548. The Labute approximate surface area is 373 Å². The molecule has 4 aliphatic heterocycles. The van der Waals surface area contributed by atoms with Gasteiger partial charge in [0.2, 0.25) is 11.8 Å². The zero-order valence-electron chi connectivity index (χ0n) is 36.7. The number of hydrogen-bond acceptors (Lipinski definition) is 10. The van der Waals surface area contributed by atoms with Crippen molar-refractivity contribution in [1.29, 1.82) is 0 Å². The van der Waals surface area contributed by atoms with Crippen LogP contribution in [0.25, 0.3) is 12.2 Å². The average Bonchev–Trinajstić information content (AvgIpc) is 3.61. The van der Waals surface area contributed by atoms with Gasteiger partial charge in [-0.3, -0.25) is 38.9 Å². The van der Waals surface area contributed by atoms with Crippen LogP contribution in [0, 0.1) is 23.7 Å². The molecule has 14 heteroatoms. The molecule has 8 heterocycles. The maximum absolute atomic E-state index is 13.5. The van der Waals surface area contributed by atoms with Crippen molar-refractivity contribution in [2.45, 2.75) is 115 Å². The van der Waals surface area contributed by atoms with E-state index in [1.54, 1.807) is 24.8 Å². The second kappa shape index (κ2) is 18.9. The number of carbonyl (C=O) groups is 2. The largest absolute Gasteiger partial charge is 0.396 e. The first-order valence-corrected chi connectivity index (χ1v) is 23.1. The van der Waals surface area contributed by atoms with E-state index in [0.717, 1.165) is 61.0 Å². The fraction of sp³-hybridized carbons (Fsp3) is 0.480. The molecule has 10 rings (SSSR count). The first-order chi connectivity index (χ1) is 31.2. The summed E-state index contributed by atoms with van der Waals surface area (Å²) >= 11 is 0. The number of aromatic nitrogens is 4. The van der Waals surface area contributed by atoms with Gasteiger partial charge in [0.25, 0.3) is 11.1 Å². The summed E-state index contributed by atoms with van der Waals surface area (Å²) in [7, 11) is 0. The zero-order valence-corrected chi connectivity index (χ0v) is 36.7. The van der Waals surface area contributed by atoms with Crippen molar-refractivity contribution in [2.24, 2.45) is 23.7 Å². The monoisotopic (exact) mass is 868 g/mol. The molecule has 2 amide bonds. The van der Waals surface area contributed by atoms with E-state index in [-0.39, 0.29) is 84.2 Å². The molecule has 4 N–H and O–H groups in total. The van der Waals surface area contributed by atoms with Crippen LogP contribution in [0.2, 0.25) is 0 Å². The Hall–Kier alpha value is -5.54. The standard InChI is InChI=1S/2C25H30N4O3/c2*1-2-4-17-7-8-20-23-22(24(31)27-18-5-3-6-18)19(15-30)21(14-29(20)25(17)32)28(23)13-16-9-11-26-12-10-16/h2*2,4,7-12,18-19,21-23,30H,3,5-6,13-15H2,1H3,(H,27,31)/b4-2+;4-2-/t2*19-,21-,22+,23+/m00/s1. The van der Waals surface area contributed by atoms with Gasteiger partial charge < -0.3 is 30.0 Å². The lowest BCUT2D eigenvalue weighted by molar-refractivity contribution is -0.129. The molecule has 2 saturated heterocycles. The van der Waals surface area contributed by atoms with Gasteiger partial charge in [-0.25, -0.2) is 0 Å². The van der Waals surface area contributed by atoms with E-state index in [9.17, 15) is 29.4 Å². The third-order valence-electron chi connectivity index (χ3n) is 14.8. The summed E-state index contributed by atoms with van der Waals surface area (Å²) in [6, 6.07) is 15.4. The Bertz CT molecular complexity index is 2330. The highest BCUT2D eigenvalue weighted by atomic mass is 16.3. The predicted octanol–water partition coefficient (Wildman–Crippen LogP) is 4.22. The molecule has 0 spiro atoms. The fourth-order valence-corrected chi connectivity index (χ4v) is 11.2. The molecule has 8 atom stereocenters. The van der Waals surface area contributed by atoms with Gasteiger partial charge in [0, 0.05) is 123 Å². The number of allylic oxidation sites excluding steroid dienone is 2. The Balaban J connectivity index is 0.000000162. The van der Waals surface area contributed by atoms with Crippen molar-refractivity contribution < 1.29 is 19.8 Å². The van der Waals surface area contributed by atoms with Crippen LogP contribution >= 0.6 is 0 Å². The predicted molar refractivity (Wildman–Crippen MR) is 243 cm³/mol. The number of aliphatic hydroxyl groups is 2. The van der Waals surface area contributed by atoms with Crippen LogP contribution in [0.5, 0.6) is 0 Å². The molecule has 4 aromatic heterocycles. The van der Waals surface area contributed by atoms with E-state index < -0.39 is 11.8 Å². The molecule has 64 heavy (non-hydrogen) atoms. The van der Waals surface area contributed by atoms with E-state index >= 15 is 0 Å². The minimum Gasteiger partial charge on any atom is -0.396 e. The lowest BCUT2D eigenvalue weighted by Gasteiger charge is -2.38. The number of rotatable bonds is 12. The smallest absolute Gasteiger partial charge is 0.258 e. The lowest BCUT2D eigenvalue weighted by atomic mass is 9.85. The molecule has 336 valence electrons. The van der Waals surface area contributed by atoms with Crippen molar-refractivity contribution >= 4 is 24.0 Å². The van der Waals surface area contributed by atoms with E-state index in [1.807, 2.05) is 95.8 Å². The van der Waals surface area contributed by atoms with Crippen molar-refractivity contribution in [1.82, 2.24) is 39.5 Å². The zero-order chi connectivity index (χ0) is 44.5. The van der Waals surface area contributed by atoms with Crippen LogP contribution in [-0.4, -0.2) is 88.3 Å². The van der Waals surface area contributed by atoms with Crippen LogP contribution in [0.15, 0.2) is 95.1 Å². The number of amides is 2. The van der Waals surface area contributed by atoms with E-state index in [4.69, 9.17) is 0 Å². The Morgan fingerprint density at radius 3 is 1.34 bits per heavy atom. The molecule has 14 nitrogen and oxygen atoms in total. The lowest BCUT2D eigenvalue weighted by Crippen LogP contribution is -2.47. The number of carbonyl (C=O) groups excluding carboxylic acids is 2. The molecule has 2 aliphatic carbocycles. The summed E-state index contributed by atoms with van der Waals surface area (Å²) in [6.45, 7) is 5.86. The number of fused-ring (bicyclic) bond motifs is 8. The summed E-state index contributed by atoms with van der Waals surface area (Å²) in [5.41, 5.74) is 5.16. The third-order valence-corrected chi connectivity index (χ3v) is 14.8. The normalized spacial score (nSPS) is 27.3. The second-order valence-electron chi connectivity index (χ2n) is 18.4. The van der Waals surface area contributed by atoms with E-state index in [2.05, 4.69) is 30.4 Å². The Morgan fingerprint density at radius 1 is 0.625 bits per heavy atom. The summed E-state index contributed by atoms with van der Waals surface area (Å²) in [5, 5.41) is 27.2. The maximum atomic E-state index is 13.5. The summed E-state index contributed by atoms with van der Waals surface area (Å²) < 4.78 is 3.65. The quantitative estimate of drug-likeness (QED) is 0.162. The number of aliphatic hydroxyl groups excluding tert-OH is 2. The fourth-order valence-electron chi connectivity index (χ4n) is 11.2. The molecule has 2 saturated carbocycles. The molecule has 0 unspecified atom stereocenters. The van der Waals surface area contributed by atoms with E-state index in [0.29, 0.717) is 37.3 Å². The molecule has 0 aromatic carbocycles. The number of pyridine rings is 4. The molecule has 4 fully saturated rings. The van der Waals surface area contributed by atoms with Gasteiger partial charge in [-0.05, 0) is 112 Å². The minimum atomic E-state index is -0.395. The highest BCUT2D eigenvalue weighted by molar-refractivity contribution is 5.82. The first kappa shape index (κ1) is 43.7. The number of hydrogen-bond donors (Lipinski definition) is 4. The van der Waals surface area contributed by atoms with Crippen molar-refractivity contribution in [2.75, 3.05) is 13.2 Å². The van der Waals surface area contributed by atoms with Gasteiger partial charge in [0.15, 0.2) is 0 Å². The second-order valence-corrected chi connectivity index (χ2v) is 18.4. The summed E-state index contributed by atoms with van der Waals surface area (Å²) in [4.78, 5) is 66.2. The van der Waals surface area contributed by atoms with Gasteiger partial charge in [-0.15, -0.1) is 0 Å². The molecule has 4 bridgehead atoms.